The highest BCUT2D eigenvalue weighted by atomic mass is 16.1. The molecular formula is C7H8N2O. The van der Waals surface area contributed by atoms with Crippen molar-refractivity contribution in [2.45, 2.75) is 0 Å². The fourth-order valence-electron chi connectivity index (χ4n) is 0.478. The summed E-state index contributed by atoms with van der Waals surface area (Å²) in [5.74, 6) is 0. The molecule has 0 spiro atoms. The van der Waals surface area contributed by atoms with E-state index in [1.165, 1.54) is 0 Å². The van der Waals surface area contributed by atoms with Gasteiger partial charge in [-0.25, -0.2) is 0 Å². The van der Waals surface area contributed by atoms with E-state index in [2.05, 4.69) is 5.73 Å². The zero-order chi connectivity index (χ0) is 7.82. The smallest absolute Gasteiger partial charge is 0.127 e. The molecule has 0 radical (unpaired) electrons. The van der Waals surface area contributed by atoms with E-state index in [9.17, 15) is 0 Å². The topological polar surface area (TPSA) is 67.0 Å². The Labute approximate surface area is 59.0 Å². The molecule has 0 unspecified atom stereocenters. The summed E-state index contributed by atoms with van der Waals surface area (Å²) in [5.41, 5.74) is 4.79. The Balaban J connectivity index is 0.000000236. The number of carbonyl (C=O) groups excluding carboxylic acids is 1. The van der Waals surface area contributed by atoms with Gasteiger partial charge in [0.15, 0.2) is 0 Å². The van der Waals surface area contributed by atoms with Crippen LogP contribution in [0.3, 0.4) is 0 Å². The Morgan fingerprint density at radius 2 is 1.70 bits per heavy atom. The first-order valence-corrected chi connectivity index (χ1v) is 2.69. The van der Waals surface area contributed by atoms with Crippen molar-refractivity contribution in [2.75, 3.05) is 0 Å². The number of benzene rings is 1. The second kappa shape index (κ2) is 5.69. The summed E-state index contributed by atoms with van der Waals surface area (Å²) in [4.78, 5) is 8.24. The molecule has 1 aromatic rings. The highest BCUT2D eigenvalue weighted by Crippen LogP contribution is 1.93. The quantitative estimate of drug-likeness (QED) is 0.408. The van der Waals surface area contributed by atoms with Crippen LogP contribution in [0.1, 0.15) is 0 Å². The summed E-state index contributed by atoms with van der Waals surface area (Å²) in [6.07, 6.45) is 0.500. The molecule has 1 aromatic carbocycles. The molecule has 0 aromatic heterocycles. The molecule has 3 heteroatoms. The molecule has 0 amide bonds. The Morgan fingerprint density at radius 3 is 1.90 bits per heavy atom. The fourth-order valence-corrected chi connectivity index (χ4v) is 0.478. The number of hydrogen-bond acceptors (Lipinski definition) is 1. The highest BCUT2D eigenvalue weighted by molar-refractivity contribution is 5.36. The van der Waals surface area contributed by atoms with E-state index in [0.29, 0.717) is 6.08 Å². The van der Waals surface area contributed by atoms with Gasteiger partial charge in [-0.1, -0.05) is 18.2 Å². The normalized spacial score (nSPS) is 6.90. The SMILES string of the molecule is [N-]=C=O.[NH3+]c1ccccc1. The summed E-state index contributed by atoms with van der Waals surface area (Å²) >= 11 is 0. The maximum absolute atomic E-state index is 8.24. The van der Waals surface area contributed by atoms with Crippen LogP contribution < -0.4 is 5.73 Å². The molecule has 0 bridgehead atoms. The lowest BCUT2D eigenvalue weighted by Gasteiger charge is -1.78. The summed E-state index contributed by atoms with van der Waals surface area (Å²) in [7, 11) is 0. The minimum atomic E-state index is 0.500. The molecule has 52 valence electrons. The third-order valence-corrected chi connectivity index (χ3v) is 0.843. The molecular weight excluding hydrogens is 128 g/mol. The van der Waals surface area contributed by atoms with Crippen molar-refractivity contribution >= 4 is 11.8 Å². The van der Waals surface area contributed by atoms with Crippen LogP contribution in [0.5, 0.6) is 0 Å². The number of quaternary nitrogens is 1. The average Bonchev–Trinajstić information content (AvgIpc) is 1.91. The van der Waals surface area contributed by atoms with Crippen LogP contribution in [-0.4, -0.2) is 6.08 Å². The third-order valence-electron chi connectivity index (χ3n) is 0.843. The fraction of sp³-hybridized carbons (Fsp3) is 0. The molecule has 0 fully saturated rings. The van der Waals surface area contributed by atoms with Crippen LogP contribution in [0.15, 0.2) is 30.3 Å². The predicted molar refractivity (Wildman–Crippen MR) is 38.0 cm³/mol. The molecule has 3 N–H and O–H groups in total. The lowest BCUT2D eigenvalue weighted by atomic mass is 10.3. The monoisotopic (exact) mass is 136 g/mol. The molecule has 0 heterocycles. The Bertz CT molecular complexity index is 202. The second-order valence-electron chi connectivity index (χ2n) is 1.58. The van der Waals surface area contributed by atoms with Gasteiger partial charge in [0.1, 0.15) is 5.69 Å². The van der Waals surface area contributed by atoms with E-state index in [1.807, 2.05) is 30.3 Å². The summed E-state index contributed by atoms with van der Waals surface area (Å²) in [5, 5.41) is 6.76. The Hall–Kier alpha value is -1.44. The lowest BCUT2D eigenvalue weighted by Crippen LogP contribution is -2.39. The van der Waals surface area contributed by atoms with Crippen molar-refractivity contribution in [1.82, 2.24) is 0 Å². The number of isocyanates is 1. The molecule has 0 aliphatic rings. The zero-order valence-electron chi connectivity index (χ0n) is 5.45. The first kappa shape index (κ1) is 8.56. The van der Waals surface area contributed by atoms with Crippen LogP contribution in [0.25, 0.3) is 5.41 Å². The largest absolute Gasteiger partial charge is 0.724 e. The van der Waals surface area contributed by atoms with Gasteiger partial charge < -0.3 is 11.1 Å². The van der Waals surface area contributed by atoms with Gasteiger partial charge in [-0.05, 0) is 18.2 Å². The number of hydrogen-bond donors (Lipinski definition) is 1. The van der Waals surface area contributed by atoms with Crippen molar-refractivity contribution in [2.24, 2.45) is 0 Å². The second-order valence-corrected chi connectivity index (χ2v) is 1.58. The van der Waals surface area contributed by atoms with Gasteiger partial charge >= 0.3 is 0 Å². The van der Waals surface area contributed by atoms with E-state index < -0.39 is 0 Å². The number of nitrogens with zero attached hydrogens (tertiary/aromatic N) is 1. The van der Waals surface area contributed by atoms with Crippen LogP contribution in [0, 0.1) is 0 Å². The number of rotatable bonds is 0. The van der Waals surface area contributed by atoms with E-state index in [1.54, 1.807) is 0 Å². The third kappa shape index (κ3) is 4.71. The van der Waals surface area contributed by atoms with Gasteiger partial charge in [-0.15, -0.1) is 0 Å². The molecule has 3 nitrogen and oxygen atoms in total. The minimum Gasteiger partial charge on any atom is -0.724 e. The summed E-state index contributed by atoms with van der Waals surface area (Å²) in [6, 6.07) is 9.87. The molecule has 0 saturated heterocycles. The summed E-state index contributed by atoms with van der Waals surface area (Å²) in [6.45, 7) is 0. The van der Waals surface area contributed by atoms with Gasteiger partial charge in [-0.3, -0.25) is 4.79 Å². The van der Waals surface area contributed by atoms with Crippen LogP contribution >= 0.6 is 0 Å². The van der Waals surface area contributed by atoms with Crippen molar-refractivity contribution in [1.29, 1.82) is 0 Å². The van der Waals surface area contributed by atoms with E-state index in [-0.39, 0.29) is 0 Å². The van der Waals surface area contributed by atoms with Gasteiger partial charge in [0.05, 0.1) is 0 Å². The Morgan fingerprint density at radius 1 is 1.30 bits per heavy atom. The first-order chi connectivity index (χ1) is 4.81. The molecule has 1 rings (SSSR count). The maximum Gasteiger partial charge on any atom is 0.127 e. The van der Waals surface area contributed by atoms with Gasteiger partial charge in [-0.2, -0.15) is 0 Å². The van der Waals surface area contributed by atoms with Gasteiger partial charge in [0.25, 0.3) is 0 Å². The molecule has 0 aliphatic carbocycles. The van der Waals surface area contributed by atoms with E-state index in [0.717, 1.165) is 5.69 Å². The zero-order valence-corrected chi connectivity index (χ0v) is 5.45. The summed E-state index contributed by atoms with van der Waals surface area (Å²) < 4.78 is 0. The van der Waals surface area contributed by atoms with Crippen LogP contribution in [-0.2, 0) is 4.79 Å². The standard InChI is InChI=1S/C6H7N.CNO/c7-6-4-2-1-3-5-6;2-1-3/h1-5H,7H2;/q;-1/p+1. The van der Waals surface area contributed by atoms with Crippen LogP contribution in [0.4, 0.5) is 5.69 Å². The van der Waals surface area contributed by atoms with Gasteiger partial charge in [0, 0.05) is 0 Å². The molecule has 0 aliphatic heterocycles. The molecule has 10 heavy (non-hydrogen) atoms. The molecule has 0 saturated carbocycles. The van der Waals surface area contributed by atoms with Crippen molar-refractivity contribution in [3.63, 3.8) is 0 Å². The molecule has 0 atom stereocenters. The van der Waals surface area contributed by atoms with E-state index >= 15 is 0 Å². The lowest BCUT2D eigenvalue weighted by molar-refractivity contribution is -0.254. The maximum atomic E-state index is 8.24. The first-order valence-electron chi connectivity index (χ1n) is 2.69. The van der Waals surface area contributed by atoms with Crippen molar-refractivity contribution in [3.8, 4) is 0 Å². The van der Waals surface area contributed by atoms with Crippen molar-refractivity contribution < 1.29 is 10.5 Å². The predicted octanol–water partition coefficient (Wildman–Crippen LogP) is 0.452. The van der Waals surface area contributed by atoms with E-state index in [4.69, 9.17) is 10.2 Å². The van der Waals surface area contributed by atoms with Crippen molar-refractivity contribution in [3.05, 3.63) is 35.7 Å². The Kier molecular flexibility index (Phi) is 4.87. The van der Waals surface area contributed by atoms with Crippen LogP contribution in [0.2, 0.25) is 0 Å². The minimum absolute atomic E-state index is 0.500. The van der Waals surface area contributed by atoms with Gasteiger partial charge in [0.2, 0.25) is 0 Å². The average molecular weight is 136 g/mol. The highest BCUT2D eigenvalue weighted by Gasteiger charge is 1.77.